The summed E-state index contributed by atoms with van der Waals surface area (Å²) in [5, 5.41) is 8.47. The molecule has 0 aliphatic heterocycles. The second-order valence-corrected chi connectivity index (χ2v) is 2.06. The van der Waals surface area contributed by atoms with Crippen LogP contribution in [0, 0.1) is 18.3 Å². The third kappa shape index (κ3) is 2.59. The second kappa shape index (κ2) is 5.14. The number of pyridine rings is 1. The molecule has 64 valence electrons. The molecule has 1 aromatic rings. The largest absolute Gasteiger partial charge is 0.383 e. The van der Waals surface area contributed by atoms with Crippen molar-refractivity contribution >= 4 is 5.82 Å². The molecule has 0 aliphatic rings. The van der Waals surface area contributed by atoms with E-state index in [1.54, 1.807) is 12.3 Å². The quantitative estimate of drug-likeness (QED) is 0.635. The predicted octanol–water partition coefficient (Wildman–Crippen LogP) is 1.87. The number of nitrogen functional groups attached to an aromatic ring is 1. The van der Waals surface area contributed by atoms with Gasteiger partial charge >= 0.3 is 0 Å². The molecule has 0 bridgehead atoms. The SMILES string of the molecule is CC.Cc1cnc(N)c(C#N)c1. The summed E-state index contributed by atoms with van der Waals surface area (Å²) < 4.78 is 0. The number of nitriles is 1. The van der Waals surface area contributed by atoms with Crippen LogP contribution in [0.15, 0.2) is 12.3 Å². The van der Waals surface area contributed by atoms with E-state index >= 15 is 0 Å². The maximum Gasteiger partial charge on any atom is 0.141 e. The van der Waals surface area contributed by atoms with Gasteiger partial charge in [-0.2, -0.15) is 5.26 Å². The lowest BCUT2D eigenvalue weighted by atomic mass is 10.2. The van der Waals surface area contributed by atoms with E-state index in [0.717, 1.165) is 5.56 Å². The van der Waals surface area contributed by atoms with Crippen LogP contribution in [0.25, 0.3) is 0 Å². The molecule has 2 N–H and O–H groups in total. The molecule has 1 rings (SSSR count). The molecule has 0 aliphatic carbocycles. The van der Waals surface area contributed by atoms with Gasteiger partial charge in [-0.15, -0.1) is 0 Å². The minimum absolute atomic E-state index is 0.299. The molecule has 1 aromatic heterocycles. The molecule has 0 spiro atoms. The molecular weight excluding hydrogens is 150 g/mol. The Hall–Kier alpha value is -1.56. The number of nitrogens with two attached hydrogens (primary N) is 1. The van der Waals surface area contributed by atoms with E-state index in [-0.39, 0.29) is 0 Å². The summed E-state index contributed by atoms with van der Waals surface area (Å²) in [4.78, 5) is 3.80. The lowest BCUT2D eigenvalue weighted by Gasteiger charge is -1.95. The van der Waals surface area contributed by atoms with Gasteiger partial charge < -0.3 is 5.73 Å². The van der Waals surface area contributed by atoms with Gasteiger partial charge in [0.05, 0.1) is 5.56 Å². The topological polar surface area (TPSA) is 62.7 Å². The summed E-state index contributed by atoms with van der Waals surface area (Å²) in [7, 11) is 0. The summed E-state index contributed by atoms with van der Waals surface area (Å²) in [5.41, 5.74) is 6.76. The number of aryl methyl sites for hydroxylation is 1. The van der Waals surface area contributed by atoms with Crippen molar-refractivity contribution in [3.05, 3.63) is 23.4 Å². The Morgan fingerprint density at radius 1 is 1.50 bits per heavy atom. The van der Waals surface area contributed by atoms with Gasteiger partial charge in [-0.1, -0.05) is 13.8 Å². The Kier molecular flexibility index (Phi) is 4.47. The summed E-state index contributed by atoms with van der Waals surface area (Å²) in [6, 6.07) is 3.66. The Labute approximate surface area is 72.8 Å². The number of hydrogen-bond acceptors (Lipinski definition) is 3. The Morgan fingerprint density at radius 2 is 2.08 bits per heavy atom. The van der Waals surface area contributed by atoms with E-state index in [4.69, 9.17) is 11.0 Å². The highest BCUT2D eigenvalue weighted by Gasteiger charge is 1.96. The molecule has 12 heavy (non-hydrogen) atoms. The molecular formula is C9H13N3. The van der Waals surface area contributed by atoms with Gasteiger partial charge in [0, 0.05) is 6.20 Å². The number of rotatable bonds is 0. The molecule has 0 aromatic carbocycles. The van der Waals surface area contributed by atoms with Crippen molar-refractivity contribution in [1.82, 2.24) is 4.98 Å². The lowest BCUT2D eigenvalue weighted by Crippen LogP contribution is -1.94. The number of anilines is 1. The molecule has 0 fully saturated rings. The first-order valence-corrected chi connectivity index (χ1v) is 3.86. The summed E-state index contributed by atoms with van der Waals surface area (Å²) in [6.45, 7) is 5.87. The minimum Gasteiger partial charge on any atom is -0.383 e. The van der Waals surface area contributed by atoms with Crippen LogP contribution >= 0.6 is 0 Å². The third-order valence-electron chi connectivity index (χ3n) is 1.18. The van der Waals surface area contributed by atoms with Gasteiger partial charge in [-0.3, -0.25) is 0 Å². The summed E-state index contributed by atoms with van der Waals surface area (Å²) in [5.74, 6) is 0.299. The smallest absolute Gasteiger partial charge is 0.141 e. The zero-order valence-corrected chi connectivity index (χ0v) is 7.63. The van der Waals surface area contributed by atoms with Crippen LogP contribution in [-0.4, -0.2) is 4.98 Å². The first-order valence-electron chi connectivity index (χ1n) is 3.86. The van der Waals surface area contributed by atoms with Crippen LogP contribution in [0.1, 0.15) is 25.0 Å². The van der Waals surface area contributed by atoms with E-state index in [0.29, 0.717) is 11.4 Å². The van der Waals surface area contributed by atoms with Crippen molar-refractivity contribution < 1.29 is 0 Å². The standard InChI is InChI=1S/C7H7N3.C2H6/c1-5-2-6(3-8)7(9)10-4-5;1-2/h2,4H,1H3,(H2,9,10);1-2H3. The monoisotopic (exact) mass is 163 g/mol. The maximum atomic E-state index is 8.47. The molecule has 0 saturated heterocycles. The first kappa shape index (κ1) is 10.4. The van der Waals surface area contributed by atoms with Gasteiger partial charge in [0.1, 0.15) is 11.9 Å². The van der Waals surface area contributed by atoms with Crippen molar-refractivity contribution in [2.75, 3.05) is 5.73 Å². The van der Waals surface area contributed by atoms with Crippen molar-refractivity contribution in [1.29, 1.82) is 5.26 Å². The fourth-order valence-electron chi connectivity index (χ4n) is 0.669. The van der Waals surface area contributed by atoms with Crippen molar-refractivity contribution in [3.8, 4) is 6.07 Å². The van der Waals surface area contributed by atoms with Crippen molar-refractivity contribution in [3.63, 3.8) is 0 Å². The highest BCUT2D eigenvalue weighted by Crippen LogP contribution is 2.07. The van der Waals surface area contributed by atoms with E-state index in [9.17, 15) is 0 Å². The maximum absolute atomic E-state index is 8.47. The average Bonchev–Trinajstić information content (AvgIpc) is 2.13. The first-order chi connectivity index (χ1) is 5.74. The van der Waals surface area contributed by atoms with Gasteiger partial charge in [0.15, 0.2) is 0 Å². The fraction of sp³-hybridized carbons (Fsp3) is 0.333. The van der Waals surface area contributed by atoms with Crippen LogP contribution in [0.3, 0.4) is 0 Å². The molecule has 0 radical (unpaired) electrons. The molecule has 3 nitrogen and oxygen atoms in total. The zero-order valence-electron chi connectivity index (χ0n) is 7.63. The Bertz CT molecular complexity index is 286. The number of nitrogens with zero attached hydrogens (tertiary/aromatic N) is 2. The van der Waals surface area contributed by atoms with Crippen LogP contribution in [-0.2, 0) is 0 Å². The normalized spacial score (nSPS) is 7.83. The molecule has 1 heterocycles. The minimum atomic E-state index is 0.299. The molecule has 0 saturated carbocycles. The van der Waals surface area contributed by atoms with E-state index in [1.807, 2.05) is 26.8 Å². The summed E-state index contributed by atoms with van der Waals surface area (Å²) >= 11 is 0. The van der Waals surface area contributed by atoms with Crippen molar-refractivity contribution in [2.24, 2.45) is 0 Å². The molecule has 0 unspecified atom stereocenters. The number of hydrogen-bond donors (Lipinski definition) is 1. The fourth-order valence-corrected chi connectivity index (χ4v) is 0.669. The Morgan fingerprint density at radius 3 is 2.50 bits per heavy atom. The highest BCUT2D eigenvalue weighted by molar-refractivity contribution is 5.48. The second-order valence-electron chi connectivity index (χ2n) is 2.06. The van der Waals surface area contributed by atoms with Gasteiger partial charge in [-0.25, -0.2) is 4.98 Å². The van der Waals surface area contributed by atoms with Crippen LogP contribution in [0.2, 0.25) is 0 Å². The molecule has 3 heteroatoms. The third-order valence-corrected chi connectivity index (χ3v) is 1.18. The van der Waals surface area contributed by atoms with Gasteiger partial charge in [0.2, 0.25) is 0 Å². The van der Waals surface area contributed by atoms with Gasteiger partial charge in [-0.05, 0) is 18.6 Å². The predicted molar refractivity (Wildman–Crippen MR) is 49.4 cm³/mol. The Balaban J connectivity index is 0.000000561. The van der Waals surface area contributed by atoms with E-state index < -0.39 is 0 Å². The molecule has 0 atom stereocenters. The lowest BCUT2D eigenvalue weighted by molar-refractivity contribution is 1.26. The van der Waals surface area contributed by atoms with E-state index in [1.165, 1.54) is 0 Å². The van der Waals surface area contributed by atoms with Crippen LogP contribution < -0.4 is 5.73 Å². The van der Waals surface area contributed by atoms with E-state index in [2.05, 4.69) is 4.98 Å². The molecule has 0 amide bonds. The van der Waals surface area contributed by atoms with Crippen LogP contribution in [0.5, 0.6) is 0 Å². The zero-order chi connectivity index (χ0) is 9.56. The van der Waals surface area contributed by atoms with Gasteiger partial charge in [0.25, 0.3) is 0 Å². The highest BCUT2D eigenvalue weighted by atomic mass is 14.8. The number of aromatic nitrogens is 1. The summed E-state index contributed by atoms with van der Waals surface area (Å²) in [6.07, 6.45) is 1.64. The van der Waals surface area contributed by atoms with Crippen molar-refractivity contribution in [2.45, 2.75) is 20.8 Å². The average molecular weight is 163 g/mol. The van der Waals surface area contributed by atoms with Crippen LogP contribution in [0.4, 0.5) is 5.82 Å².